The molecule has 3 aromatic carbocycles. The molecule has 1 aliphatic heterocycles. The molecular weight excluding hydrogens is 366 g/mol. The summed E-state index contributed by atoms with van der Waals surface area (Å²) in [6.07, 6.45) is 1.44. The monoisotopic (exact) mass is 389 g/mol. The molecule has 0 spiro atoms. The third-order valence-corrected chi connectivity index (χ3v) is 5.21. The van der Waals surface area contributed by atoms with Crippen LogP contribution in [0.4, 0.5) is 16.2 Å². The van der Waals surface area contributed by atoms with Gasteiger partial charge in [-0.2, -0.15) is 0 Å². The van der Waals surface area contributed by atoms with Crippen LogP contribution < -0.4 is 15.4 Å². The first kappa shape index (κ1) is 18.8. The zero-order chi connectivity index (χ0) is 20.2. The molecule has 3 amide bonds. The molecule has 148 valence electrons. The number of benzene rings is 3. The van der Waals surface area contributed by atoms with Crippen LogP contribution in [-0.4, -0.2) is 36.5 Å². The number of nitrogens with zero attached hydrogens (tertiary/aromatic N) is 1. The Morgan fingerprint density at radius 2 is 1.72 bits per heavy atom. The number of amides is 3. The Morgan fingerprint density at radius 1 is 0.966 bits per heavy atom. The van der Waals surface area contributed by atoms with E-state index in [4.69, 9.17) is 4.74 Å². The second-order valence-corrected chi connectivity index (χ2v) is 7.03. The molecule has 29 heavy (non-hydrogen) atoms. The second kappa shape index (κ2) is 8.22. The highest BCUT2D eigenvalue weighted by atomic mass is 16.5. The summed E-state index contributed by atoms with van der Waals surface area (Å²) in [4.78, 5) is 27.3. The molecule has 1 atom stereocenters. The molecule has 0 saturated carbocycles. The lowest BCUT2D eigenvalue weighted by molar-refractivity contribution is -0.119. The molecule has 0 unspecified atom stereocenters. The van der Waals surface area contributed by atoms with Gasteiger partial charge in [0.25, 0.3) is 0 Å². The van der Waals surface area contributed by atoms with Gasteiger partial charge in [0, 0.05) is 23.3 Å². The van der Waals surface area contributed by atoms with E-state index >= 15 is 0 Å². The highest BCUT2D eigenvalue weighted by Crippen LogP contribution is 2.26. The molecule has 6 heteroatoms. The molecule has 1 fully saturated rings. The summed E-state index contributed by atoms with van der Waals surface area (Å²) in [6.45, 7) is 0.551. The van der Waals surface area contributed by atoms with E-state index < -0.39 is 6.04 Å². The zero-order valence-electron chi connectivity index (χ0n) is 16.2. The number of ether oxygens (including phenoxy) is 1. The maximum atomic E-state index is 13.0. The van der Waals surface area contributed by atoms with Crippen LogP contribution in [0.1, 0.15) is 12.8 Å². The van der Waals surface area contributed by atoms with Crippen LogP contribution in [0.5, 0.6) is 5.75 Å². The first-order chi connectivity index (χ1) is 14.2. The maximum absolute atomic E-state index is 13.0. The van der Waals surface area contributed by atoms with Crippen LogP contribution in [-0.2, 0) is 4.79 Å². The SMILES string of the molecule is COc1ccc(NC(=O)N2CCC[C@H]2C(=O)Nc2cccc3ccccc23)cc1. The Morgan fingerprint density at radius 3 is 2.52 bits per heavy atom. The number of methoxy groups -OCH3 is 1. The number of nitrogens with one attached hydrogen (secondary N) is 2. The highest BCUT2D eigenvalue weighted by Gasteiger charge is 2.34. The van der Waals surface area contributed by atoms with Crippen LogP contribution >= 0.6 is 0 Å². The molecule has 0 bridgehead atoms. The summed E-state index contributed by atoms with van der Waals surface area (Å²) < 4.78 is 5.13. The molecule has 1 saturated heterocycles. The Hall–Kier alpha value is -3.54. The molecular formula is C23H23N3O3. The van der Waals surface area contributed by atoms with Gasteiger partial charge in [-0.1, -0.05) is 36.4 Å². The fourth-order valence-corrected chi connectivity index (χ4v) is 3.70. The van der Waals surface area contributed by atoms with E-state index in [1.54, 1.807) is 36.3 Å². The fourth-order valence-electron chi connectivity index (χ4n) is 3.70. The lowest BCUT2D eigenvalue weighted by Crippen LogP contribution is -2.45. The van der Waals surface area contributed by atoms with Crippen molar-refractivity contribution in [3.8, 4) is 5.75 Å². The summed E-state index contributed by atoms with van der Waals surface area (Å²) >= 11 is 0. The number of hydrogen-bond donors (Lipinski definition) is 2. The molecule has 3 aromatic rings. The van der Waals surface area contributed by atoms with Crippen molar-refractivity contribution in [3.63, 3.8) is 0 Å². The van der Waals surface area contributed by atoms with Crippen molar-refractivity contribution in [2.75, 3.05) is 24.3 Å². The minimum absolute atomic E-state index is 0.163. The van der Waals surface area contributed by atoms with Gasteiger partial charge in [-0.3, -0.25) is 4.79 Å². The van der Waals surface area contributed by atoms with Crippen molar-refractivity contribution in [3.05, 3.63) is 66.7 Å². The van der Waals surface area contributed by atoms with Gasteiger partial charge in [0.15, 0.2) is 0 Å². The van der Waals surface area contributed by atoms with E-state index in [0.717, 1.165) is 28.6 Å². The van der Waals surface area contributed by atoms with Crippen LogP contribution in [0.15, 0.2) is 66.7 Å². The van der Waals surface area contributed by atoms with Crippen molar-refractivity contribution >= 4 is 34.1 Å². The van der Waals surface area contributed by atoms with Crippen LogP contribution in [0.3, 0.4) is 0 Å². The zero-order valence-corrected chi connectivity index (χ0v) is 16.2. The van der Waals surface area contributed by atoms with E-state index in [-0.39, 0.29) is 11.9 Å². The molecule has 0 radical (unpaired) electrons. The van der Waals surface area contributed by atoms with Crippen molar-refractivity contribution in [2.45, 2.75) is 18.9 Å². The lowest BCUT2D eigenvalue weighted by atomic mass is 10.1. The molecule has 0 aromatic heterocycles. The van der Waals surface area contributed by atoms with Crippen LogP contribution in [0.25, 0.3) is 10.8 Å². The summed E-state index contributed by atoms with van der Waals surface area (Å²) in [5.41, 5.74) is 1.42. The Kier molecular flexibility index (Phi) is 5.33. The summed E-state index contributed by atoms with van der Waals surface area (Å²) in [6, 6.07) is 20.1. The molecule has 0 aliphatic carbocycles. The Balaban J connectivity index is 1.46. The minimum atomic E-state index is -0.493. The molecule has 6 nitrogen and oxygen atoms in total. The predicted molar refractivity (Wildman–Crippen MR) is 114 cm³/mol. The van der Waals surface area contributed by atoms with Gasteiger partial charge in [-0.25, -0.2) is 4.79 Å². The molecule has 1 aliphatic rings. The second-order valence-electron chi connectivity index (χ2n) is 7.03. The van der Waals surface area contributed by atoms with Gasteiger partial charge in [-0.15, -0.1) is 0 Å². The largest absolute Gasteiger partial charge is 0.497 e. The average Bonchev–Trinajstić information content (AvgIpc) is 3.25. The van der Waals surface area contributed by atoms with Crippen molar-refractivity contribution in [1.29, 1.82) is 0 Å². The van der Waals surface area contributed by atoms with E-state index in [1.165, 1.54) is 0 Å². The standard InChI is InChI=1S/C23H23N3O3/c1-29-18-13-11-17(12-14-18)24-23(28)26-15-5-10-21(26)22(27)25-20-9-4-7-16-6-2-3-8-19(16)20/h2-4,6-9,11-14,21H,5,10,15H2,1H3,(H,24,28)(H,25,27)/t21-/m0/s1. The van der Waals surface area contributed by atoms with E-state index in [0.29, 0.717) is 18.7 Å². The first-order valence-corrected chi connectivity index (χ1v) is 9.66. The number of fused-ring (bicyclic) bond motifs is 1. The number of rotatable bonds is 4. The highest BCUT2D eigenvalue weighted by molar-refractivity contribution is 6.05. The number of carbonyl (C=O) groups excluding carboxylic acids is 2. The summed E-state index contributed by atoms with van der Waals surface area (Å²) in [5, 5.41) is 7.92. The third-order valence-electron chi connectivity index (χ3n) is 5.21. The van der Waals surface area contributed by atoms with Crippen LogP contribution in [0.2, 0.25) is 0 Å². The van der Waals surface area contributed by atoms with Crippen LogP contribution in [0, 0.1) is 0 Å². The quantitative estimate of drug-likeness (QED) is 0.691. The van der Waals surface area contributed by atoms with Gasteiger partial charge in [-0.05, 0) is 48.6 Å². The minimum Gasteiger partial charge on any atom is -0.497 e. The van der Waals surface area contributed by atoms with Gasteiger partial charge in [0.05, 0.1) is 7.11 Å². The topological polar surface area (TPSA) is 70.7 Å². The van der Waals surface area contributed by atoms with Crippen molar-refractivity contribution in [2.24, 2.45) is 0 Å². The van der Waals surface area contributed by atoms with E-state index in [2.05, 4.69) is 10.6 Å². The number of anilines is 2. The smallest absolute Gasteiger partial charge is 0.322 e. The summed E-state index contributed by atoms with van der Waals surface area (Å²) in [7, 11) is 1.59. The third kappa shape index (κ3) is 4.01. The van der Waals surface area contributed by atoms with Gasteiger partial charge in [0.1, 0.15) is 11.8 Å². The Bertz CT molecular complexity index is 1030. The van der Waals surface area contributed by atoms with Crippen molar-refractivity contribution < 1.29 is 14.3 Å². The molecule has 4 rings (SSSR count). The first-order valence-electron chi connectivity index (χ1n) is 9.66. The van der Waals surface area contributed by atoms with Crippen molar-refractivity contribution in [1.82, 2.24) is 4.90 Å². The lowest BCUT2D eigenvalue weighted by Gasteiger charge is -2.24. The van der Waals surface area contributed by atoms with E-state index in [1.807, 2.05) is 42.5 Å². The normalized spacial score (nSPS) is 15.9. The number of carbonyl (C=O) groups is 2. The predicted octanol–water partition coefficient (Wildman–Crippen LogP) is 4.48. The van der Waals surface area contributed by atoms with Gasteiger partial charge in [0.2, 0.25) is 5.91 Å². The number of likely N-dealkylation sites (tertiary alicyclic amines) is 1. The Labute approximate surface area is 169 Å². The summed E-state index contributed by atoms with van der Waals surface area (Å²) in [5.74, 6) is 0.556. The molecule has 2 N–H and O–H groups in total. The average molecular weight is 389 g/mol. The van der Waals surface area contributed by atoms with Gasteiger partial charge < -0.3 is 20.3 Å². The fraction of sp³-hybridized carbons (Fsp3) is 0.217. The number of hydrogen-bond acceptors (Lipinski definition) is 3. The van der Waals surface area contributed by atoms with Gasteiger partial charge >= 0.3 is 6.03 Å². The molecule has 1 heterocycles. The number of urea groups is 1. The van der Waals surface area contributed by atoms with E-state index in [9.17, 15) is 9.59 Å². The maximum Gasteiger partial charge on any atom is 0.322 e.